The van der Waals surface area contributed by atoms with Crippen molar-refractivity contribution in [1.82, 2.24) is 19.7 Å². The first-order chi connectivity index (χ1) is 8.24. The molecule has 0 spiro atoms. The summed E-state index contributed by atoms with van der Waals surface area (Å²) in [6.45, 7) is 0. The lowest BCUT2D eigenvalue weighted by molar-refractivity contribution is 0.629. The van der Waals surface area contributed by atoms with Gasteiger partial charge in [0.2, 0.25) is 5.95 Å². The van der Waals surface area contributed by atoms with Crippen LogP contribution in [0.2, 0.25) is 0 Å². The Bertz CT molecular complexity index is 733. The summed E-state index contributed by atoms with van der Waals surface area (Å²) >= 11 is 0. The van der Waals surface area contributed by atoms with Gasteiger partial charge in [-0.1, -0.05) is 0 Å². The van der Waals surface area contributed by atoms with Gasteiger partial charge in [0.05, 0.1) is 10.9 Å². The number of hydrogen-bond acceptors (Lipinski definition) is 3. The molecule has 0 radical (unpaired) electrons. The summed E-state index contributed by atoms with van der Waals surface area (Å²) in [5, 5.41) is 4.30. The molecule has 6 heteroatoms. The van der Waals surface area contributed by atoms with Gasteiger partial charge in [-0.25, -0.2) is 14.1 Å². The van der Waals surface area contributed by atoms with Crippen LogP contribution in [0.4, 0.5) is 4.39 Å². The second kappa shape index (κ2) is 3.51. The van der Waals surface area contributed by atoms with E-state index >= 15 is 0 Å². The Morgan fingerprint density at radius 3 is 3.00 bits per heavy atom. The minimum atomic E-state index is -0.429. The number of halogens is 1. The molecule has 84 valence electrons. The van der Waals surface area contributed by atoms with Gasteiger partial charge in [-0.15, -0.1) is 0 Å². The molecule has 0 aliphatic heterocycles. The van der Waals surface area contributed by atoms with Crippen molar-refractivity contribution in [1.29, 1.82) is 0 Å². The molecule has 17 heavy (non-hydrogen) atoms. The van der Waals surface area contributed by atoms with Gasteiger partial charge in [0, 0.05) is 18.5 Å². The number of aromatic amines is 1. The third-order valence-electron chi connectivity index (χ3n) is 2.38. The highest BCUT2D eigenvalue weighted by Gasteiger charge is 2.06. The average molecular weight is 230 g/mol. The molecule has 0 amide bonds. The fourth-order valence-electron chi connectivity index (χ4n) is 1.60. The molecular weight excluding hydrogens is 223 g/mol. The first-order valence-corrected chi connectivity index (χ1v) is 4.94. The third kappa shape index (κ3) is 1.59. The van der Waals surface area contributed by atoms with Crippen molar-refractivity contribution in [3.05, 3.63) is 52.8 Å². The van der Waals surface area contributed by atoms with Crippen molar-refractivity contribution < 1.29 is 4.39 Å². The van der Waals surface area contributed by atoms with Gasteiger partial charge < -0.3 is 0 Å². The third-order valence-corrected chi connectivity index (χ3v) is 2.38. The van der Waals surface area contributed by atoms with Crippen molar-refractivity contribution >= 4 is 10.9 Å². The van der Waals surface area contributed by atoms with E-state index in [0.29, 0.717) is 10.9 Å². The van der Waals surface area contributed by atoms with Crippen molar-refractivity contribution in [2.75, 3.05) is 0 Å². The van der Waals surface area contributed by atoms with Crippen LogP contribution in [0.1, 0.15) is 0 Å². The Kier molecular flexibility index (Phi) is 2.01. The largest absolute Gasteiger partial charge is 0.290 e. The molecule has 0 atom stereocenters. The van der Waals surface area contributed by atoms with Crippen LogP contribution in [-0.2, 0) is 0 Å². The highest BCUT2D eigenvalue weighted by atomic mass is 19.1. The molecule has 0 fully saturated rings. The Balaban J connectivity index is 2.33. The fraction of sp³-hybridized carbons (Fsp3) is 0. The lowest BCUT2D eigenvalue weighted by Gasteiger charge is -2.02. The van der Waals surface area contributed by atoms with E-state index in [2.05, 4.69) is 15.1 Å². The van der Waals surface area contributed by atoms with Crippen LogP contribution < -0.4 is 5.56 Å². The van der Waals surface area contributed by atoms with Crippen molar-refractivity contribution in [2.45, 2.75) is 0 Å². The fourth-order valence-corrected chi connectivity index (χ4v) is 1.60. The van der Waals surface area contributed by atoms with Crippen molar-refractivity contribution in [2.24, 2.45) is 0 Å². The molecule has 2 heterocycles. The maximum Gasteiger partial charge on any atom is 0.260 e. The molecule has 0 unspecified atom stereocenters. The van der Waals surface area contributed by atoms with Crippen LogP contribution in [0.15, 0.2) is 41.5 Å². The summed E-state index contributed by atoms with van der Waals surface area (Å²) in [4.78, 5) is 18.5. The van der Waals surface area contributed by atoms with E-state index in [1.165, 1.54) is 22.9 Å². The molecule has 5 nitrogen and oxygen atoms in total. The number of nitrogens with one attached hydrogen (secondary N) is 1. The average Bonchev–Trinajstić information content (AvgIpc) is 2.81. The molecule has 0 aliphatic carbocycles. The van der Waals surface area contributed by atoms with Gasteiger partial charge in [0.1, 0.15) is 5.82 Å². The second-order valence-corrected chi connectivity index (χ2v) is 3.50. The van der Waals surface area contributed by atoms with Crippen LogP contribution in [0.25, 0.3) is 16.9 Å². The van der Waals surface area contributed by atoms with Crippen LogP contribution >= 0.6 is 0 Å². The first kappa shape index (κ1) is 9.71. The zero-order valence-electron chi connectivity index (χ0n) is 8.59. The van der Waals surface area contributed by atoms with Crippen LogP contribution in [-0.4, -0.2) is 19.7 Å². The summed E-state index contributed by atoms with van der Waals surface area (Å²) in [6, 6.07) is 5.56. The lowest BCUT2D eigenvalue weighted by Crippen LogP contribution is -2.13. The molecule has 1 aromatic carbocycles. The summed E-state index contributed by atoms with van der Waals surface area (Å²) in [5.74, 6) is -0.167. The second-order valence-electron chi connectivity index (χ2n) is 3.50. The zero-order chi connectivity index (χ0) is 11.8. The molecule has 3 rings (SSSR count). The molecule has 0 saturated heterocycles. The van der Waals surface area contributed by atoms with Gasteiger partial charge in [0.15, 0.2) is 0 Å². The predicted octanol–water partition coefficient (Wildman–Crippen LogP) is 1.25. The molecule has 0 saturated carbocycles. The van der Waals surface area contributed by atoms with Gasteiger partial charge in [0.25, 0.3) is 5.56 Å². The number of aromatic nitrogens is 4. The number of fused-ring (bicyclic) bond motifs is 1. The summed E-state index contributed by atoms with van der Waals surface area (Å²) in [7, 11) is 0. The van der Waals surface area contributed by atoms with Crippen LogP contribution in [0, 0.1) is 5.82 Å². The minimum absolute atomic E-state index is 0.262. The number of benzene rings is 1. The van der Waals surface area contributed by atoms with E-state index in [-0.39, 0.29) is 11.5 Å². The van der Waals surface area contributed by atoms with E-state index in [1.807, 2.05) is 0 Å². The lowest BCUT2D eigenvalue weighted by atomic mass is 10.2. The Morgan fingerprint density at radius 1 is 1.35 bits per heavy atom. The maximum absolute atomic E-state index is 13.1. The van der Waals surface area contributed by atoms with E-state index in [9.17, 15) is 9.18 Å². The highest BCUT2D eigenvalue weighted by molar-refractivity contribution is 5.77. The summed E-state index contributed by atoms with van der Waals surface area (Å²) < 4.78 is 14.5. The number of rotatable bonds is 1. The predicted molar refractivity (Wildman–Crippen MR) is 59.4 cm³/mol. The Morgan fingerprint density at radius 2 is 2.24 bits per heavy atom. The van der Waals surface area contributed by atoms with Gasteiger partial charge in [-0.2, -0.15) is 5.10 Å². The normalized spacial score (nSPS) is 10.9. The Hall–Kier alpha value is -2.50. The summed E-state index contributed by atoms with van der Waals surface area (Å²) in [6.07, 6.45) is 3.21. The zero-order valence-corrected chi connectivity index (χ0v) is 8.59. The molecule has 1 N–H and O–H groups in total. The van der Waals surface area contributed by atoms with Crippen molar-refractivity contribution in [3.63, 3.8) is 0 Å². The SMILES string of the molecule is O=c1[nH]c(-n2cccn2)nc2cc(F)ccc12. The molecule has 0 bridgehead atoms. The van der Waals surface area contributed by atoms with Crippen molar-refractivity contribution in [3.8, 4) is 5.95 Å². The van der Waals surface area contributed by atoms with Gasteiger partial charge in [-0.3, -0.25) is 9.78 Å². The van der Waals surface area contributed by atoms with E-state index < -0.39 is 5.82 Å². The minimum Gasteiger partial charge on any atom is -0.290 e. The molecule has 2 aromatic heterocycles. The Labute approximate surface area is 94.5 Å². The summed E-state index contributed by atoms with van der Waals surface area (Å²) in [5.41, 5.74) is -0.0141. The highest BCUT2D eigenvalue weighted by Crippen LogP contribution is 2.10. The number of H-pyrrole nitrogens is 1. The van der Waals surface area contributed by atoms with Gasteiger partial charge >= 0.3 is 0 Å². The molecule has 0 aliphatic rings. The number of hydrogen-bond donors (Lipinski definition) is 1. The van der Waals surface area contributed by atoms with E-state index in [0.717, 1.165) is 0 Å². The van der Waals surface area contributed by atoms with E-state index in [1.54, 1.807) is 18.5 Å². The standard InChI is InChI=1S/C11H7FN4O/c12-7-2-3-8-9(6-7)14-11(15-10(8)17)16-5-1-4-13-16/h1-6H,(H,14,15,17). The van der Waals surface area contributed by atoms with Gasteiger partial charge in [-0.05, 0) is 18.2 Å². The number of nitrogens with zero attached hydrogens (tertiary/aromatic N) is 3. The van der Waals surface area contributed by atoms with E-state index in [4.69, 9.17) is 0 Å². The topological polar surface area (TPSA) is 63.6 Å². The van der Waals surface area contributed by atoms with Crippen LogP contribution in [0.3, 0.4) is 0 Å². The molecule has 3 aromatic rings. The smallest absolute Gasteiger partial charge is 0.260 e. The maximum atomic E-state index is 13.1. The quantitative estimate of drug-likeness (QED) is 0.684. The first-order valence-electron chi connectivity index (χ1n) is 4.94. The monoisotopic (exact) mass is 230 g/mol. The van der Waals surface area contributed by atoms with Crippen LogP contribution in [0.5, 0.6) is 0 Å². The molecular formula is C11H7FN4O.